The number of nitrogens with one attached hydrogen (secondary N) is 1. The van der Waals surface area contributed by atoms with Gasteiger partial charge in [0, 0.05) is 10.6 Å². The third-order valence-corrected chi connectivity index (χ3v) is 5.45. The number of nitrogens with zero attached hydrogens (tertiary/aromatic N) is 3. The molecule has 0 atom stereocenters. The first-order chi connectivity index (χ1) is 17.0. The first-order valence-corrected chi connectivity index (χ1v) is 11.6. The van der Waals surface area contributed by atoms with Gasteiger partial charge in [0.25, 0.3) is 12.4 Å². The van der Waals surface area contributed by atoms with E-state index in [-0.39, 0.29) is 37.2 Å². The van der Waals surface area contributed by atoms with Gasteiger partial charge in [0.1, 0.15) is 12.3 Å². The fourth-order valence-electron chi connectivity index (χ4n) is 3.56. The Morgan fingerprint density at radius 2 is 1.97 bits per heavy atom. The van der Waals surface area contributed by atoms with Crippen molar-refractivity contribution in [3.05, 3.63) is 65.3 Å². The lowest BCUT2D eigenvalue weighted by molar-refractivity contribution is -0.123. The fourth-order valence-corrected chi connectivity index (χ4v) is 3.74. The number of carboxylic acid groups (broad SMARTS) is 1. The second-order valence-corrected chi connectivity index (χ2v) is 8.19. The Labute approximate surface area is 208 Å². The summed E-state index contributed by atoms with van der Waals surface area (Å²) in [6.07, 6.45) is 3.26. The molecule has 2 N–H and O–H groups in total. The molecule has 3 aromatic rings. The molecular formula is C25H27ClN4O5. The first kappa shape index (κ1) is 25.8. The van der Waals surface area contributed by atoms with Crippen LogP contribution in [0.4, 0.5) is 0 Å². The summed E-state index contributed by atoms with van der Waals surface area (Å²) in [6, 6.07) is 16.8. The van der Waals surface area contributed by atoms with E-state index in [2.05, 4.69) is 17.3 Å². The number of amides is 2. The zero-order chi connectivity index (χ0) is 25.2. The topological polar surface area (TPSA) is 114 Å². The van der Waals surface area contributed by atoms with Gasteiger partial charge in [-0.3, -0.25) is 14.4 Å². The Morgan fingerprint density at radius 1 is 1.20 bits per heavy atom. The van der Waals surface area contributed by atoms with Crippen LogP contribution in [-0.2, 0) is 9.59 Å². The SMILES string of the molecule is CCCCCOc1cccc(-c2cc(C(=O)N3CNC(=O)C3)nn2-c2cccc(Cl)c2)c1.O=CO. The number of ether oxygens (including phenoxy) is 1. The van der Waals surface area contributed by atoms with Gasteiger partial charge < -0.3 is 20.1 Å². The molecule has 0 saturated carbocycles. The summed E-state index contributed by atoms with van der Waals surface area (Å²) in [4.78, 5) is 34.3. The predicted molar refractivity (Wildman–Crippen MR) is 132 cm³/mol. The van der Waals surface area contributed by atoms with Crippen LogP contribution < -0.4 is 10.1 Å². The minimum atomic E-state index is -0.308. The molecule has 0 spiro atoms. The van der Waals surface area contributed by atoms with Gasteiger partial charge in [-0.25, -0.2) is 4.68 Å². The van der Waals surface area contributed by atoms with Crippen LogP contribution in [0, 0.1) is 0 Å². The molecule has 1 aromatic heterocycles. The van der Waals surface area contributed by atoms with Gasteiger partial charge >= 0.3 is 0 Å². The minimum absolute atomic E-state index is 0.0271. The number of unbranched alkanes of at least 4 members (excludes halogenated alkanes) is 2. The smallest absolute Gasteiger partial charge is 0.290 e. The summed E-state index contributed by atoms with van der Waals surface area (Å²) in [5.41, 5.74) is 2.58. The van der Waals surface area contributed by atoms with Crippen LogP contribution in [0.5, 0.6) is 5.75 Å². The molecule has 0 unspecified atom stereocenters. The van der Waals surface area contributed by atoms with Gasteiger partial charge in [0.15, 0.2) is 5.69 Å². The number of halogens is 1. The van der Waals surface area contributed by atoms with Gasteiger partial charge in [0.2, 0.25) is 5.91 Å². The maximum atomic E-state index is 13.0. The van der Waals surface area contributed by atoms with Crippen LogP contribution in [0.15, 0.2) is 54.6 Å². The molecule has 35 heavy (non-hydrogen) atoms. The normalized spacial score (nSPS) is 12.5. The molecule has 2 amide bonds. The van der Waals surface area contributed by atoms with E-state index in [0.717, 1.165) is 42.0 Å². The molecule has 2 heterocycles. The standard InChI is InChI=1S/C24H25ClN4O3.CH2O2/c1-2-3-4-11-32-20-10-5-7-17(12-20)22-14-21(24(31)28-15-23(30)26-16-28)27-29(22)19-9-6-8-18(25)13-19;2-1-3/h5-10,12-14H,2-4,11,15-16H2,1H3,(H,26,30);1H,(H,2,3). The van der Waals surface area contributed by atoms with Crippen LogP contribution in [-0.4, -0.2) is 57.9 Å². The summed E-state index contributed by atoms with van der Waals surface area (Å²) in [5.74, 6) is 0.276. The molecule has 1 saturated heterocycles. The number of hydrogen-bond donors (Lipinski definition) is 2. The van der Waals surface area contributed by atoms with Crippen molar-refractivity contribution >= 4 is 29.9 Å². The maximum absolute atomic E-state index is 13.0. The highest BCUT2D eigenvalue weighted by atomic mass is 35.5. The molecule has 184 valence electrons. The van der Waals surface area contributed by atoms with E-state index < -0.39 is 0 Å². The number of aromatic nitrogens is 2. The van der Waals surface area contributed by atoms with Gasteiger partial charge in [0.05, 0.1) is 24.7 Å². The zero-order valence-electron chi connectivity index (χ0n) is 19.3. The summed E-state index contributed by atoms with van der Waals surface area (Å²) in [5, 5.41) is 14.7. The van der Waals surface area contributed by atoms with Crippen molar-refractivity contribution in [3.8, 4) is 22.7 Å². The maximum Gasteiger partial charge on any atom is 0.290 e. The van der Waals surface area contributed by atoms with Crippen LogP contribution in [0.3, 0.4) is 0 Å². The third-order valence-electron chi connectivity index (χ3n) is 5.22. The summed E-state index contributed by atoms with van der Waals surface area (Å²) in [6.45, 7) is 2.77. The van der Waals surface area contributed by atoms with Gasteiger partial charge in [-0.05, 0) is 42.8 Å². The molecule has 0 bridgehead atoms. The quantitative estimate of drug-likeness (QED) is 0.358. The van der Waals surface area contributed by atoms with Crippen molar-refractivity contribution in [3.63, 3.8) is 0 Å². The van der Waals surface area contributed by atoms with Gasteiger partial charge in [-0.1, -0.05) is 49.6 Å². The highest BCUT2D eigenvalue weighted by Crippen LogP contribution is 2.28. The molecule has 2 aromatic carbocycles. The van der Waals surface area contributed by atoms with E-state index in [1.165, 1.54) is 4.90 Å². The second-order valence-electron chi connectivity index (χ2n) is 7.76. The number of benzene rings is 2. The van der Waals surface area contributed by atoms with Crippen LogP contribution in [0.1, 0.15) is 36.7 Å². The van der Waals surface area contributed by atoms with E-state index in [9.17, 15) is 9.59 Å². The van der Waals surface area contributed by atoms with E-state index in [0.29, 0.717) is 11.6 Å². The number of carbonyl (C=O) groups excluding carboxylic acids is 2. The van der Waals surface area contributed by atoms with E-state index in [1.807, 2.05) is 36.4 Å². The second kappa shape index (κ2) is 12.6. The van der Waals surface area contributed by atoms with Gasteiger partial charge in [-0.15, -0.1) is 0 Å². The van der Waals surface area contributed by atoms with Crippen molar-refractivity contribution in [2.75, 3.05) is 19.8 Å². The van der Waals surface area contributed by atoms with E-state index in [4.69, 9.17) is 26.2 Å². The van der Waals surface area contributed by atoms with Crippen molar-refractivity contribution in [2.24, 2.45) is 0 Å². The minimum Gasteiger partial charge on any atom is -0.494 e. The summed E-state index contributed by atoms with van der Waals surface area (Å²) >= 11 is 6.21. The molecule has 4 rings (SSSR count). The summed E-state index contributed by atoms with van der Waals surface area (Å²) < 4.78 is 7.61. The lowest BCUT2D eigenvalue weighted by atomic mass is 10.1. The third kappa shape index (κ3) is 6.83. The molecule has 10 heteroatoms. The van der Waals surface area contributed by atoms with Crippen molar-refractivity contribution in [1.29, 1.82) is 0 Å². The fraction of sp³-hybridized carbons (Fsp3) is 0.280. The monoisotopic (exact) mass is 498 g/mol. The predicted octanol–water partition coefficient (Wildman–Crippen LogP) is 3.99. The van der Waals surface area contributed by atoms with Crippen LogP contribution >= 0.6 is 11.6 Å². The Balaban J connectivity index is 0.00000108. The molecule has 0 aliphatic carbocycles. The number of rotatable bonds is 8. The van der Waals surface area contributed by atoms with Crippen molar-refractivity contribution in [1.82, 2.24) is 20.0 Å². The van der Waals surface area contributed by atoms with Gasteiger partial charge in [-0.2, -0.15) is 5.10 Å². The first-order valence-electron chi connectivity index (χ1n) is 11.2. The largest absolute Gasteiger partial charge is 0.494 e. The lowest BCUT2D eigenvalue weighted by Crippen LogP contribution is -2.30. The van der Waals surface area contributed by atoms with Crippen molar-refractivity contribution < 1.29 is 24.2 Å². The highest BCUT2D eigenvalue weighted by molar-refractivity contribution is 6.30. The zero-order valence-corrected chi connectivity index (χ0v) is 20.1. The Kier molecular flexibility index (Phi) is 9.25. The molecule has 9 nitrogen and oxygen atoms in total. The lowest BCUT2D eigenvalue weighted by Gasteiger charge is -2.11. The van der Waals surface area contributed by atoms with E-state index >= 15 is 0 Å². The Bertz CT molecular complexity index is 1180. The number of carbonyl (C=O) groups is 3. The number of hydrogen-bond acceptors (Lipinski definition) is 5. The average Bonchev–Trinajstić information content (AvgIpc) is 3.49. The Hall–Kier alpha value is -3.85. The molecule has 1 fully saturated rings. The molecule has 1 aliphatic rings. The van der Waals surface area contributed by atoms with Crippen molar-refractivity contribution in [2.45, 2.75) is 26.2 Å². The van der Waals surface area contributed by atoms with E-state index in [1.54, 1.807) is 22.9 Å². The molecule has 1 aliphatic heterocycles. The Morgan fingerprint density at radius 3 is 2.66 bits per heavy atom. The average molecular weight is 499 g/mol. The molecule has 0 radical (unpaired) electrons. The summed E-state index contributed by atoms with van der Waals surface area (Å²) in [7, 11) is 0. The molecular weight excluding hydrogens is 472 g/mol. The highest BCUT2D eigenvalue weighted by Gasteiger charge is 2.27. The van der Waals surface area contributed by atoms with Crippen LogP contribution in [0.25, 0.3) is 16.9 Å². The van der Waals surface area contributed by atoms with Crippen LogP contribution in [0.2, 0.25) is 5.02 Å².